The summed E-state index contributed by atoms with van der Waals surface area (Å²) in [6.45, 7) is 0.833. The van der Waals surface area contributed by atoms with Crippen LogP contribution in [0.3, 0.4) is 0 Å². The van der Waals surface area contributed by atoms with E-state index in [0.29, 0.717) is 5.02 Å². The summed E-state index contributed by atoms with van der Waals surface area (Å²) in [7, 11) is 3.62. The minimum absolute atomic E-state index is 0.692. The van der Waals surface area contributed by atoms with Crippen molar-refractivity contribution in [2.75, 3.05) is 14.2 Å². The SMILES string of the molecule is CNCc1ccc(OC)c(CSc2cc(Cl)ccc2Cl)c1. The van der Waals surface area contributed by atoms with E-state index in [1.807, 2.05) is 25.2 Å². The normalized spacial score (nSPS) is 10.7. The maximum absolute atomic E-state index is 6.20. The number of rotatable bonds is 6. The van der Waals surface area contributed by atoms with Crippen LogP contribution in [0.15, 0.2) is 41.3 Å². The zero-order valence-corrected chi connectivity index (χ0v) is 14.3. The molecule has 0 amide bonds. The highest BCUT2D eigenvalue weighted by molar-refractivity contribution is 7.98. The van der Waals surface area contributed by atoms with Crippen molar-refractivity contribution in [3.8, 4) is 5.75 Å². The van der Waals surface area contributed by atoms with E-state index in [4.69, 9.17) is 27.9 Å². The summed E-state index contributed by atoms with van der Waals surface area (Å²) in [6.07, 6.45) is 0. The van der Waals surface area contributed by atoms with Crippen molar-refractivity contribution < 1.29 is 4.74 Å². The third kappa shape index (κ3) is 4.55. The molecule has 2 rings (SSSR count). The molecule has 0 saturated heterocycles. The highest BCUT2D eigenvalue weighted by Crippen LogP contribution is 2.34. The molecule has 0 aliphatic rings. The van der Waals surface area contributed by atoms with Gasteiger partial charge in [-0.25, -0.2) is 0 Å². The molecule has 0 fully saturated rings. The van der Waals surface area contributed by atoms with Crippen LogP contribution in [-0.4, -0.2) is 14.2 Å². The first kappa shape index (κ1) is 16.5. The maximum Gasteiger partial charge on any atom is 0.122 e. The van der Waals surface area contributed by atoms with Crippen LogP contribution in [-0.2, 0) is 12.3 Å². The molecule has 0 heterocycles. The van der Waals surface area contributed by atoms with Crippen molar-refractivity contribution in [1.82, 2.24) is 5.32 Å². The number of nitrogens with one attached hydrogen (secondary N) is 1. The van der Waals surface area contributed by atoms with Crippen LogP contribution in [0.25, 0.3) is 0 Å². The lowest BCUT2D eigenvalue weighted by Gasteiger charge is -2.11. The predicted molar refractivity (Wildman–Crippen MR) is 91.8 cm³/mol. The van der Waals surface area contributed by atoms with E-state index in [-0.39, 0.29) is 0 Å². The Hall–Kier alpha value is -0.870. The Morgan fingerprint density at radius 2 is 1.95 bits per heavy atom. The maximum atomic E-state index is 6.20. The van der Waals surface area contributed by atoms with Crippen LogP contribution in [0, 0.1) is 0 Å². The fraction of sp³-hybridized carbons (Fsp3) is 0.250. The molecule has 0 bridgehead atoms. The number of ether oxygens (including phenoxy) is 1. The van der Waals surface area contributed by atoms with Gasteiger partial charge in [0.15, 0.2) is 0 Å². The molecule has 0 spiro atoms. The predicted octanol–water partition coefficient (Wildman–Crippen LogP) is 5.01. The number of benzene rings is 2. The van der Waals surface area contributed by atoms with Gasteiger partial charge in [-0.15, -0.1) is 11.8 Å². The summed E-state index contributed by atoms with van der Waals surface area (Å²) in [6, 6.07) is 11.7. The van der Waals surface area contributed by atoms with E-state index in [2.05, 4.69) is 17.4 Å². The summed E-state index contributed by atoms with van der Waals surface area (Å²) in [4.78, 5) is 0.977. The van der Waals surface area contributed by atoms with Gasteiger partial charge < -0.3 is 10.1 Å². The van der Waals surface area contributed by atoms with Crippen molar-refractivity contribution in [2.45, 2.75) is 17.2 Å². The average Bonchev–Trinajstić information content (AvgIpc) is 2.49. The topological polar surface area (TPSA) is 21.3 Å². The van der Waals surface area contributed by atoms with Gasteiger partial charge in [0.1, 0.15) is 5.75 Å². The Morgan fingerprint density at radius 3 is 2.67 bits per heavy atom. The Kier molecular flexibility index (Phi) is 6.24. The fourth-order valence-corrected chi connectivity index (χ4v) is 3.47. The molecule has 1 N–H and O–H groups in total. The van der Waals surface area contributed by atoms with E-state index in [1.54, 1.807) is 24.9 Å². The summed E-state index contributed by atoms with van der Waals surface area (Å²) in [5.41, 5.74) is 2.37. The third-order valence-corrected chi connectivity index (χ3v) is 4.78. The van der Waals surface area contributed by atoms with Gasteiger partial charge in [-0.05, 0) is 42.9 Å². The molecule has 21 heavy (non-hydrogen) atoms. The summed E-state index contributed by atoms with van der Waals surface area (Å²) >= 11 is 13.9. The molecule has 112 valence electrons. The first-order valence-electron chi connectivity index (χ1n) is 6.52. The highest BCUT2D eigenvalue weighted by Gasteiger charge is 2.08. The molecule has 2 nitrogen and oxygen atoms in total. The molecule has 0 radical (unpaired) electrons. The number of hydrogen-bond donors (Lipinski definition) is 1. The molecule has 0 unspecified atom stereocenters. The standard InChI is InChI=1S/C16H17Cl2NOS/c1-19-9-11-3-6-15(20-2)12(7-11)10-21-16-8-13(17)4-5-14(16)18/h3-8,19H,9-10H2,1-2H3. The second-order valence-electron chi connectivity index (χ2n) is 4.54. The zero-order chi connectivity index (χ0) is 15.2. The van der Waals surface area contributed by atoms with E-state index < -0.39 is 0 Å². The van der Waals surface area contributed by atoms with Crippen LogP contribution in [0.1, 0.15) is 11.1 Å². The number of methoxy groups -OCH3 is 1. The van der Waals surface area contributed by atoms with Crippen LogP contribution in [0.5, 0.6) is 5.75 Å². The molecule has 0 saturated carbocycles. The van der Waals surface area contributed by atoms with Crippen molar-refractivity contribution in [2.24, 2.45) is 0 Å². The Bertz CT molecular complexity index is 619. The molecule has 2 aromatic rings. The Labute approximate surface area is 139 Å². The van der Waals surface area contributed by atoms with Gasteiger partial charge >= 0.3 is 0 Å². The molecule has 5 heteroatoms. The van der Waals surface area contributed by atoms with E-state index in [1.165, 1.54) is 5.56 Å². The van der Waals surface area contributed by atoms with Crippen LogP contribution in [0.2, 0.25) is 10.0 Å². The van der Waals surface area contributed by atoms with Crippen LogP contribution in [0.4, 0.5) is 0 Å². The molecule has 2 aromatic carbocycles. The lowest BCUT2D eigenvalue weighted by molar-refractivity contribution is 0.411. The van der Waals surface area contributed by atoms with Gasteiger partial charge in [0.05, 0.1) is 12.1 Å². The fourth-order valence-electron chi connectivity index (χ4n) is 2.00. The third-order valence-electron chi connectivity index (χ3n) is 3.00. The Balaban J connectivity index is 2.18. The monoisotopic (exact) mass is 341 g/mol. The molecule has 0 aliphatic heterocycles. The van der Waals surface area contributed by atoms with Gasteiger partial charge in [-0.3, -0.25) is 0 Å². The van der Waals surface area contributed by atoms with Gasteiger partial charge in [-0.2, -0.15) is 0 Å². The second-order valence-corrected chi connectivity index (χ2v) is 6.40. The quantitative estimate of drug-likeness (QED) is 0.746. The smallest absolute Gasteiger partial charge is 0.122 e. The van der Waals surface area contributed by atoms with E-state index in [9.17, 15) is 0 Å². The van der Waals surface area contributed by atoms with Crippen molar-refractivity contribution in [3.63, 3.8) is 0 Å². The highest BCUT2D eigenvalue weighted by atomic mass is 35.5. The number of hydrogen-bond acceptors (Lipinski definition) is 3. The van der Waals surface area contributed by atoms with Crippen molar-refractivity contribution in [3.05, 3.63) is 57.6 Å². The van der Waals surface area contributed by atoms with Crippen LogP contribution < -0.4 is 10.1 Å². The molecule has 0 aliphatic carbocycles. The first-order chi connectivity index (χ1) is 10.1. The van der Waals surface area contributed by atoms with Crippen LogP contribution >= 0.6 is 35.0 Å². The van der Waals surface area contributed by atoms with Gasteiger partial charge in [-0.1, -0.05) is 29.3 Å². The Morgan fingerprint density at radius 1 is 1.14 bits per heavy atom. The van der Waals surface area contributed by atoms with Gasteiger partial charge in [0.2, 0.25) is 0 Å². The largest absolute Gasteiger partial charge is 0.496 e. The first-order valence-corrected chi connectivity index (χ1v) is 8.26. The molecular weight excluding hydrogens is 325 g/mol. The van der Waals surface area contributed by atoms with Crippen molar-refractivity contribution in [1.29, 1.82) is 0 Å². The molecular formula is C16H17Cl2NOS. The van der Waals surface area contributed by atoms with Gasteiger partial charge in [0, 0.05) is 27.8 Å². The summed E-state index contributed by atoms with van der Waals surface area (Å²) in [5.74, 6) is 1.67. The average molecular weight is 342 g/mol. The lowest BCUT2D eigenvalue weighted by Crippen LogP contribution is -2.05. The minimum Gasteiger partial charge on any atom is -0.496 e. The molecule has 0 aromatic heterocycles. The summed E-state index contributed by atoms with van der Waals surface area (Å²) < 4.78 is 5.43. The van der Waals surface area contributed by atoms with E-state index >= 15 is 0 Å². The van der Waals surface area contributed by atoms with Gasteiger partial charge in [0.25, 0.3) is 0 Å². The lowest BCUT2D eigenvalue weighted by atomic mass is 10.1. The zero-order valence-electron chi connectivity index (χ0n) is 12.0. The van der Waals surface area contributed by atoms with E-state index in [0.717, 1.165) is 33.5 Å². The van der Waals surface area contributed by atoms with Crippen molar-refractivity contribution >= 4 is 35.0 Å². The second kappa shape index (κ2) is 7.95. The minimum atomic E-state index is 0.692. The summed E-state index contributed by atoms with van der Waals surface area (Å²) in [5, 5.41) is 4.56. The number of thioether (sulfide) groups is 1. The number of halogens is 2. The molecule has 0 atom stereocenters.